The highest BCUT2D eigenvalue weighted by atomic mass is 14.4. The smallest absolute Gasteiger partial charge is 0.0383 e. The van der Waals surface area contributed by atoms with Crippen LogP contribution in [-0.2, 0) is 0 Å². The number of hydrogen-bond acceptors (Lipinski definition) is 0. The minimum Gasteiger partial charge on any atom is -0.0651 e. The topological polar surface area (TPSA) is 0 Å². The van der Waals surface area contributed by atoms with Crippen molar-refractivity contribution in [3.63, 3.8) is 0 Å². The van der Waals surface area contributed by atoms with E-state index in [0.717, 1.165) is 17.8 Å². The standard InChI is InChI=1S/C11H20/c1-2-9-7-10-5-3-4-6-11(10)8-9/h9-11H,2-8H2,1H3. The van der Waals surface area contributed by atoms with Gasteiger partial charge in [0, 0.05) is 0 Å². The van der Waals surface area contributed by atoms with Gasteiger partial charge in [-0.1, -0.05) is 39.0 Å². The zero-order valence-corrected chi connectivity index (χ0v) is 7.68. The Morgan fingerprint density at radius 2 is 1.55 bits per heavy atom. The van der Waals surface area contributed by atoms with Gasteiger partial charge in [-0.3, -0.25) is 0 Å². The largest absolute Gasteiger partial charge is 0.0651 e. The Bertz CT molecular complexity index is 114. The molecule has 0 aromatic carbocycles. The lowest BCUT2D eigenvalue weighted by atomic mass is 9.82. The molecule has 2 atom stereocenters. The monoisotopic (exact) mass is 152 g/mol. The minimum atomic E-state index is 1.10. The van der Waals surface area contributed by atoms with Gasteiger partial charge in [0.15, 0.2) is 0 Å². The van der Waals surface area contributed by atoms with Crippen molar-refractivity contribution < 1.29 is 0 Å². The molecule has 0 spiro atoms. The maximum atomic E-state index is 2.36. The summed E-state index contributed by atoms with van der Waals surface area (Å²) in [6, 6.07) is 0. The molecule has 2 fully saturated rings. The molecule has 2 aliphatic carbocycles. The number of fused-ring (bicyclic) bond motifs is 1. The van der Waals surface area contributed by atoms with Crippen molar-refractivity contribution in [2.75, 3.05) is 0 Å². The first-order valence-corrected chi connectivity index (χ1v) is 5.40. The van der Waals surface area contributed by atoms with Crippen LogP contribution in [0.5, 0.6) is 0 Å². The fourth-order valence-corrected chi connectivity index (χ4v) is 3.19. The predicted molar refractivity (Wildman–Crippen MR) is 48.5 cm³/mol. The van der Waals surface area contributed by atoms with E-state index >= 15 is 0 Å². The van der Waals surface area contributed by atoms with Gasteiger partial charge in [-0.15, -0.1) is 0 Å². The van der Waals surface area contributed by atoms with Crippen LogP contribution in [0, 0.1) is 17.8 Å². The van der Waals surface area contributed by atoms with Crippen molar-refractivity contribution in [2.45, 2.75) is 51.9 Å². The molecule has 2 saturated carbocycles. The van der Waals surface area contributed by atoms with E-state index in [9.17, 15) is 0 Å². The molecule has 0 aliphatic heterocycles. The predicted octanol–water partition coefficient (Wildman–Crippen LogP) is 3.61. The second kappa shape index (κ2) is 3.16. The molecule has 0 N–H and O–H groups in total. The fraction of sp³-hybridized carbons (Fsp3) is 1.00. The van der Waals surface area contributed by atoms with E-state index in [1.54, 1.807) is 25.7 Å². The molecule has 0 saturated heterocycles. The van der Waals surface area contributed by atoms with Crippen molar-refractivity contribution in [1.82, 2.24) is 0 Å². The quantitative estimate of drug-likeness (QED) is 0.538. The van der Waals surface area contributed by atoms with Crippen molar-refractivity contribution in [1.29, 1.82) is 0 Å². The van der Waals surface area contributed by atoms with E-state index < -0.39 is 0 Å². The summed E-state index contributed by atoms with van der Waals surface area (Å²) >= 11 is 0. The third-order valence-electron chi connectivity index (χ3n) is 3.92. The molecule has 2 rings (SSSR count). The summed E-state index contributed by atoms with van der Waals surface area (Å²) in [5.41, 5.74) is 0. The maximum Gasteiger partial charge on any atom is -0.0383 e. The molecular weight excluding hydrogens is 132 g/mol. The second-order valence-corrected chi connectivity index (χ2v) is 4.55. The van der Waals surface area contributed by atoms with Gasteiger partial charge in [0.25, 0.3) is 0 Å². The van der Waals surface area contributed by atoms with E-state index in [2.05, 4.69) is 6.92 Å². The molecule has 0 bridgehead atoms. The second-order valence-electron chi connectivity index (χ2n) is 4.55. The van der Waals surface area contributed by atoms with Crippen LogP contribution in [-0.4, -0.2) is 0 Å². The highest BCUT2D eigenvalue weighted by molar-refractivity contribution is 4.85. The maximum absolute atomic E-state index is 2.36. The summed E-state index contributed by atoms with van der Waals surface area (Å²) < 4.78 is 0. The highest BCUT2D eigenvalue weighted by Crippen LogP contribution is 2.45. The number of rotatable bonds is 1. The van der Waals surface area contributed by atoms with Crippen molar-refractivity contribution >= 4 is 0 Å². The zero-order valence-electron chi connectivity index (χ0n) is 7.68. The molecule has 0 heteroatoms. The molecule has 0 nitrogen and oxygen atoms in total. The average molecular weight is 152 g/mol. The van der Waals surface area contributed by atoms with Crippen LogP contribution >= 0.6 is 0 Å². The van der Waals surface area contributed by atoms with Gasteiger partial charge in [0.05, 0.1) is 0 Å². The van der Waals surface area contributed by atoms with Crippen molar-refractivity contribution in [3.8, 4) is 0 Å². The van der Waals surface area contributed by atoms with Gasteiger partial charge in [-0.25, -0.2) is 0 Å². The Morgan fingerprint density at radius 1 is 1.00 bits per heavy atom. The normalized spacial score (nSPS) is 43.9. The Kier molecular flexibility index (Phi) is 2.20. The third-order valence-corrected chi connectivity index (χ3v) is 3.92. The Hall–Kier alpha value is 0. The highest BCUT2D eigenvalue weighted by Gasteiger charge is 2.34. The molecule has 0 heterocycles. The van der Waals surface area contributed by atoms with Crippen LogP contribution in [0.25, 0.3) is 0 Å². The lowest BCUT2D eigenvalue weighted by Gasteiger charge is -2.24. The van der Waals surface area contributed by atoms with E-state index in [0.29, 0.717) is 0 Å². The lowest BCUT2D eigenvalue weighted by Crippen LogP contribution is -2.12. The molecule has 2 unspecified atom stereocenters. The Morgan fingerprint density at radius 3 is 2.00 bits per heavy atom. The first-order valence-electron chi connectivity index (χ1n) is 5.40. The van der Waals surface area contributed by atoms with E-state index in [-0.39, 0.29) is 0 Å². The molecule has 0 amide bonds. The van der Waals surface area contributed by atoms with E-state index in [1.165, 1.54) is 19.3 Å². The lowest BCUT2D eigenvalue weighted by molar-refractivity contribution is 0.277. The van der Waals surface area contributed by atoms with Gasteiger partial charge >= 0.3 is 0 Å². The summed E-state index contributed by atoms with van der Waals surface area (Å²) in [4.78, 5) is 0. The molecule has 0 radical (unpaired) electrons. The van der Waals surface area contributed by atoms with Crippen LogP contribution in [0.2, 0.25) is 0 Å². The first kappa shape index (κ1) is 7.64. The SMILES string of the molecule is CCC1CC2CCCCC2C1. The van der Waals surface area contributed by atoms with Gasteiger partial charge in [0.2, 0.25) is 0 Å². The Balaban J connectivity index is 1.92. The third kappa shape index (κ3) is 1.45. The Labute approximate surface area is 70.4 Å². The number of hydrogen-bond donors (Lipinski definition) is 0. The van der Waals surface area contributed by atoms with Crippen LogP contribution in [0.1, 0.15) is 51.9 Å². The van der Waals surface area contributed by atoms with E-state index in [4.69, 9.17) is 0 Å². The van der Waals surface area contributed by atoms with Crippen LogP contribution in [0.15, 0.2) is 0 Å². The van der Waals surface area contributed by atoms with Gasteiger partial charge in [0.1, 0.15) is 0 Å². The van der Waals surface area contributed by atoms with Gasteiger partial charge in [-0.2, -0.15) is 0 Å². The summed E-state index contributed by atoms with van der Waals surface area (Å²) in [5, 5.41) is 0. The average Bonchev–Trinajstić information content (AvgIpc) is 2.46. The fourth-order valence-electron chi connectivity index (χ4n) is 3.19. The van der Waals surface area contributed by atoms with Gasteiger partial charge < -0.3 is 0 Å². The molecule has 0 aromatic heterocycles. The van der Waals surface area contributed by atoms with Gasteiger partial charge in [-0.05, 0) is 30.6 Å². The molecular formula is C11H20. The molecule has 2 aliphatic rings. The summed E-state index contributed by atoms with van der Waals surface area (Å²) in [7, 11) is 0. The summed E-state index contributed by atoms with van der Waals surface area (Å²) in [6.45, 7) is 2.36. The van der Waals surface area contributed by atoms with Crippen molar-refractivity contribution in [3.05, 3.63) is 0 Å². The summed E-state index contributed by atoms with van der Waals surface area (Å²) in [6.07, 6.45) is 10.7. The van der Waals surface area contributed by atoms with Crippen LogP contribution in [0.4, 0.5) is 0 Å². The molecule has 11 heavy (non-hydrogen) atoms. The molecule has 0 aromatic rings. The van der Waals surface area contributed by atoms with E-state index in [1.807, 2.05) is 0 Å². The van der Waals surface area contributed by atoms with Crippen LogP contribution < -0.4 is 0 Å². The first-order chi connectivity index (χ1) is 5.40. The zero-order chi connectivity index (χ0) is 7.68. The van der Waals surface area contributed by atoms with Crippen molar-refractivity contribution in [2.24, 2.45) is 17.8 Å². The minimum absolute atomic E-state index is 1.10. The summed E-state index contributed by atoms with van der Waals surface area (Å²) in [5.74, 6) is 3.39. The van der Waals surface area contributed by atoms with Crippen LogP contribution in [0.3, 0.4) is 0 Å². The molecule has 64 valence electrons.